The summed E-state index contributed by atoms with van der Waals surface area (Å²) in [6.07, 6.45) is 0.852. The monoisotopic (exact) mass is 328 g/mol. The van der Waals surface area contributed by atoms with Crippen molar-refractivity contribution in [1.82, 2.24) is 4.90 Å². The zero-order valence-corrected chi connectivity index (χ0v) is 12.7. The first-order chi connectivity index (χ1) is 8.86. The van der Waals surface area contributed by atoms with E-state index in [0.29, 0.717) is 10.2 Å². The van der Waals surface area contributed by atoms with Crippen LogP contribution in [-0.2, 0) is 0 Å². The predicted molar refractivity (Wildman–Crippen MR) is 77.6 cm³/mol. The molecule has 2 N–H and O–H groups in total. The molecule has 1 unspecified atom stereocenters. The number of nitrogens with one attached hydrogen (secondary N) is 1. The SMILES string of the molecule is CCC(C)N(C)C(=O)Nc1ccc(Br)c(C(=O)O)c1. The topological polar surface area (TPSA) is 69.6 Å². The zero-order valence-electron chi connectivity index (χ0n) is 11.1. The summed E-state index contributed by atoms with van der Waals surface area (Å²) in [5.74, 6) is -1.04. The third-order valence-corrected chi connectivity index (χ3v) is 3.71. The second-order valence-electron chi connectivity index (χ2n) is 4.30. The molecule has 0 heterocycles. The number of carboxylic acids is 1. The Morgan fingerprint density at radius 2 is 2.11 bits per heavy atom. The number of amides is 2. The summed E-state index contributed by atoms with van der Waals surface area (Å²) < 4.78 is 0.480. The van der Waals surface area contributed by atoms with E-state index in [1.54, 1.807) is 24.1 Å². The fourth-order valence-corrected chi connectivity index (χ4v) is 1.87. The summed E-state index contributed by atoms with van der Waals surface area (Å²) in [5, 5.41) is 11.7. The van der Waals surface area contributed by atoms with E-state index in [2.05, 4.69) is 21.2 Å². The molecule has 0 bridgehead atoms. The van der Waals surface area contributed by atoms with Gasteiger partial charge >= 0.3 is 12.0 Å². The molecule has 0 radical (unpaired) electrons. The maximum absolute atomic E-state index is 11.9. The molecule has 0 saturated carbocycles. The number of carboxylic acid groups (broad SMARTS) is 1. The minimum absolute atomic E-state index is 0.115. The molecule has 0 aliphatic heterocycles. The van der Waals surface area contributed by atoms with Crippen LogP contribution in [0.25, 0.3) is 0 Å². The van der Waals surface area contributed by atoms with Gasteiger partial charge in [-0.1, -0.05) is 6.92 Å². The first-order valence-electron chi connectivity index (χ1n) is 5.93. The number of hydrogen-bond donors (Lipinski definition) is 2. The van der Waals surface area contributed by atoms with Gasteiger partial charge in [0.25, 0.3) is 0 Å². The van der Waals surface area contributed by atoms with E-state index in [9.17, 15) is 9.59 Å². The average molecular weight is 329 g/mol. The van der Waals surface area contributed by atoms with Gasteiger partial charge in [-0.2, -0.15) is 0 Å². The Balaban J connectivity index is 2.86. The summed E-state index contributed by atoms with van der Waals surface area (Å²) in [4.78, 5) is 24.5. The molecule has 5 nitrogen and oxygen atoms in total. The van der Waals surface area contributed by atoms with Crippen LogP contribution in [0.1, 0.15) is 30.6 Å². The molecular weight excluding hydrogens is 312 g/mol. The van der Waals surface area contributed by atoms with Crippen LogP contribution in [0.2, 0.25) is 0 Å². The van der Waals surface area contributed by atoms with E-state index < -0.39 is 5.97 Å². The molecule has 0 spiro atoms. The lowest BCUT2D eigenvalue weighted by Gasteiger charge is -2.24. The quantitative estimate of drug-likeness (QED) is 0.889. The van der Waals surface area contributed by atoms with Crippen LogP contribution in [0.15, 0.2) is 22.7 Å². The van der Waals surface area contributed by atoms with Crippen molar-refractivity contribution in [3.63, 3.8) is 0 Å². The summed E-state index contributed by atoms with van der Waals surface area (Å²) in [7, 11) is 1.71. The molecule has 1 aromatic rings. The van der Waals surface area contributed by atoms with Crippen LogP contribution >= 0.6 is 15.9 Å². The van der Waals surface area contributed by atoms with Crippen LogP contribution in [0.4, 0.5) is 10.5 Å². The van der Waals surface area contributed by atoms with Crippen molar-refractivity contribution in [2.75, 3.05) is 12.4 Å². The highest BCUT2D eigenvalue weighted by Gasteiger charge is 2.15. The number of benzene rings is 1. The number of rotatable bonds is 4. The molecule has 0 aromatic heterocycles. The van der Waals surface area contributed by atoms with E-state index in [0.717, 1.165) is 6.42 Å². The lowest BCUT2D eigenvalue weighted by atomic mass is 10.2. The number of aromatic carboxylic acids is 1. The second kappa shape index (κ2) is 6.56. The van der Waals surface area contributed by atoms with Gasteiger partial charge < -0.3 is 15.3 Å². The van der Waals surface area contributed by atoms with E-state index in [1.165, 1.54) is 6.07 Å². The van der Waals surface area contributed by atoms with Crippen LogP contribution in [0.5, 0.6) is 0 Å². The first-order valence-corrected chi connectivity index (χ1v) is 6.72. The van der Waals surface area contributed by atoms with Gasteiger partial charge in [0.2, 0.25) is 0 Å². The molecule has 0 saturated heterocycles. The number of carbonyl (C=O) groups is 2. The van der Waals surface area contributed by atoms with Crippen LogP contribution < -0.4 is 5.32 Å². The van der Waals surface area contributed by atoms with Crippen molar-refractivity contribution < 1.29 is 14.7 Å². The number of halogens is 1. The maximum atomic E-state index is 11.9. The lowest BCUT2D eigenvalue weighted by molar-refractivity contribution is 0.0696. The van der Waals surface area contributed by atoms with Crippen LogP contribution in [0.3, 0.4) is 0 Å². The van der Waals surface area contributed by atoms with Gasteiger partial charge in [0.05, 0.1) is 5.56 Å². The lowest BCUT2D eigenvalue weighted by Crippen LogP contribution is -2.37. The molecule has 2 amide bonds. The smallest absolute Gasteiger partial charge is 0.336 e. The van der Waals surface area contributed by atoms with Crippen molar-refractivity contribution in [3.05, 3.63) is 28.2 Å². The highest BCUT2D eigenvalue weighted by molar-refractivity contribution is 9.10. The predicted octanol–water partition coefficient (Wildman–Crippen LogP) is 3.41. The molecular formula is C13H17BrN2O3. The third kappa shape index (κ3) is 3.96. The number of urea groups is 1. The largest absolute Gasteiger partial charge is 0.478 e. The fourth-order valence-electron chi connectivity index (χ4n) is 1.45. The van der Waals surface area contributed by atoms with E-state index in [4.69, 9.17) is 5.11 Å². The number of carbonyl (C=O) groups excluding carboxylic acids is 1. The third-order valence-electron chi connectivity index (χ3n) is 3.02. The number of nitrogens with zero attached hydrogens (tertiary/aromatic N) is 1. The molecule has 19 heavy (non-hydrogen) atoms. The van der Waals surface area contributed by atoms with Crippen LogP contribution in [-0.4, -0.2) is 35.1 Å². The number of hydrogen-bond acceptors (Lipinski definition) is 2. The maximum Gasteiger partial charge on any atom is 0.336 e. The van der Waals surface area contributed by atoms with Gasteiger partial charge in [0.15, 0.2) is 0 Å². The van der Waals surface area contributed by atoms with Crippen molar-refractivity contribution in [2.24, 2.45) is 0 Å². The number of anilines is 1. The Hall–Kier alpha value is -1.56. The molecule has 104 valence electrons. The van der Waals surface area contributed by atoms with Gasteiger partial charge in [0, 0.05) is 23.2 Å². The molecule has 0 aliphatic carbocycles. The molecule has 1 rings (SSSR count). The van der Waals surface area contributed by atoms with Crippen molar-refractivity contribution >= 4 is 33.6 Å². The van der Waals surface area contributed by atoms with E-state index in [1.807, 2.05) is 13.8 Å². The van der Waals surface area contributed by atoms with Gasteiger partial charge in [-0.25, -0.2) is 9.59 Å². The van der Waals surface area contributed by atoms with Gasteiger partial charge in [-0.05, 0) is 47.5 Å². The summed E-state index contributed by atoms with van der Waals surface area (Å²) in [6.45, 7) is 3.94. The van der Waals surface area contributed by atoms with Gasteiger partial charge in [-0.3, -0.25) is 0 Å². The summed E-state index contributed by atoms with van der Waals surface area (Å²) >= 11 is 3.16. The van der Waals surface area contributed by atoms with Gasteiger partial charge in [-0.15, -0.1) is 0 Å². The average Bonchev–Trinajstić information content (AvgIpc) is 2.38. The van der Waals surface area contributed by atoms with E-state index >= 15 is 0 Å². The van der Waals surface area contributed by atoms with Crippen molar-refractivity contribution in [2.45, 2.75) is 26.3 Å². The molecule has 0 aliphatic rings. The summed E-state index contributed by atoms with van der Waals surface area (Å²) in [6, 6.07) is 4.54. The Bertz CT molecular complexity index is 491. The normalized spacial score (nSPS) is 11.8. The molecule has 1 aromatic carbocycles. The highest BCUT2D eigenvalue weighted by atomic mass is 79.9. The Labute approximate surface area is 120 Å². The van der Waals surface area contributed by atoms with Crippen molar-refractivity contribution in [3.8, 4) is 0 Å². The summed E-state index contributed by atoms with van der Waals surface area (Å²) in [5.41, 5.74) is 0.574. The molecule has 6 heteroatoms. The molecule has 0 fully saturated rings. The Morgan fingerprint density at radius 1 is 1.47 bits per heavy atom. The Morgan fingerprint density at radius 3 is 2.63 bits per heavy atom. The van der Waals surface area contributed by atoms with Crippen molar-refractivity contribution in [1.29, 1.82) is 0 Å². The van der Waals surface area contributed by atoms with Gasteiger partial charge in [0.1, 0.15) is 0 Å². The first kappa shape index (κ1) is 15.5. The minimum Gasteiger partial charge on any atom is -0.478 e. The van der Waals surface area contributed by atoms with E-state index in [-0.39, 0.29) is 17.6 Å². The fraction of sp³-hybridized carbons (Fsp3) is 0.385. The van der Waals surface area contributed by atoms with Crippen LogP contribution in [0, 0.1) is 0 Å². The molecule has 1 atom stereocenters. The Kier molecular flexibility index (Phi) is 5.35. The highest BCUT2D eigenvalue weighted by Crippen LogP contribution is 2.21. The minimum atomic E-state index is -1.04. The zero-order chi connectivity index (χ0) is 14.6. The standard InChI is InChI=1S/C13H17BrN2O3/c1-4-8(2)16(3)13(19)15-9-5-6-11(14)10(7-9)12(17)18/h5-8H,4H2,1-3H3,(H,15,19)(H,17,18). The second-order valence-corrected chi connectivity index (χ2v) is 5.15.